The van der Waals surface area contributed by atoms with Gasteiger partial charge in [0.05, 0.1) is 7.11 Å². The van der Waals surface area contributed by atoms with Gasteiger partial charge in [0, 0.05) is 32.0 Å². The van der Waals surface area contributed by atoms with Gasteiger partial charge >= 0.3 is 0 Å². The third-order valence-electron chi connectivity index (χ3n) is 6.43. The predicted octanol–water partition coefficient (Wildman–Crippen LogP) is 8.00. The lowest BCUT2D eigenvalue weighted by Gasteiger charge is -2.39. The van der Waals surface area contributed by atoms with Crippen molar-refractivity contribution in [3.63, 3.8) is 0 Å². The van der Waals surface area contributed by atoms with Gasteiger partial charge in [0.25, 0.3) is 0 Å². The van der Waals surface area contributed by atoms with Gasteiger partial charge < -0.3 is 14.7 Å². The highest BCUT2D eigenvalue weighted by Crippen LogP contribution is 2.48. The van der Waals surface area contributed by atoms with Crippen LogP contribution in [0.5, 0.6) is 5.75 Å². The molecular weight excluding hydrogens is 590 g/mol. The van der Waals surface area contributed by atoms with Crippen LogP contribution in [0.25, 0.3) is 10.8 Å². The molecule has 4 aromatic rings. The first kappa shape index (κ1) is 26.2. The highest BCUT2D eigenvalue weighted by atomic mass is 79.9. The van der Waals surface area contributed by atoms with Crippen LogP contribution in [0.1, 0.15) is 29.0 Å². The molecule has 4 aromatic carbocycles. The Bertz CT molecular complexity index is 1310. The smallest absolute Gasteiger partial charge is 0.123 e. The molecule has 0 saturated carbocycles. The molecule has 0 aliphatic rings. The van der Waals surface area contributed by atoms with Gasteiger partial charge in [0.2, 0.25) is 0 Å². The Hall–Kier alpha value is -1.89. The van der Waals surface area contributed by atoms with Gasteiger partial charge in [-0.15, -0.1) is 0 Å². The first-order valence-corrected chi connectivity index (χ1v) is 13.3. The SMILES string of the molecule is COc1cc2ccc(Br)cc2cc1C(c1ccc(Cl)cc1)C(O)(CCN(C)C)c1ccc(Br)cc1. The topological polar surface area (TPSA) is 32.7 Å². The summed E-state index contributed by atoms with van der Waals surface area (Å²) in [6.07, 6.45) is 0.522. The maximum atomic E-state index is 12.7. The van der Waals surface area contributed by atoms with E-state index in [0.29, 0.717) is 18.0 Å². The lowest BCUT2D eigenvalue weighted by molar-refractivity contribution is 0.00393. The summed E-state index contributed by atoms with van der Waals surface area (Å²) in [5, 5.41) is 15.5. The summed E-state index contributed by atoms with van der Waals surface area (Å²) in [6, 6.07) is 26.1. The van der Waals surface area contributed by atoms with Crippen LogP contribution in [0.15, 0.2) is 87.8 Å². The zero-order valence-electron chi connectivity index (χ0n) is 19.9. The lowest BCUT2D eigenvalue weighted by Crippen LogP contribution is -2.37. The fourth-order valence-electron chi connectivity index (χ4n) is 4.62. The molecule has 4 rings (SSSR count). The third-order valence-corrected chi connectivity index (χ3v) is 7.70. The van der Waals surface area contributed by atoms with Crippen molar-refractivity contribution in [2.45, 2.75) is 17.9 Å². The number of hydrogen-bond donors (Lipinski definition) is 1. The van der Waals surface area contributed by atoms with E-state index in [9.17, 15) is 5.11 Å². The van der Waals surface area contributed by atoms with E-state index in [0.717, 1.165) is 42.2 Å². The van der Waals surface area contributed by atoms with E-state index >= 15 is 0 Å². The summed E-state index contributed by atoms with van der Waals surface area (Å²) in [5.41, 5.74) is 1.51. The van der Waals surface area contributed by atoms with E-state index < -0.39 is 11.5 Å². The zero-order valence-corrected chi connectivity index (χ0v) is 23.9. The van der Waals surface area contributed by atoms with Gasteiger partial charge in [-0.1, -0.05) is 73.8 Å². The minimum absolute atomic E-state index is 0.403. The van der Waals surface area contributed by atoms with Gasteiger partial charge in [-0.05, 0) is 90.9 Å². The number of hydrogen-bond acceptors (Lipinski definition) is 3. The number of aliphatic hydroxyl groups is 1. The normalized spacial score (nSPS) is 14.2. The molecule has 3 nitrogen and oxygen atoms in total. The molecule has 0 heterocycles. The van der Waals surface area contributed by atoms with E-state index in [1.165, 1.54) is 0 Å². The van der Waals surface area contributed by atoms with Crippen molar-refractivity contribution in [3.05, 3.63) is 110 Å². The average Bonchev–Trinajstić information content (AvgIpc) is 2.84. The summed E-state index contributed by atoms with van der Waals surface area (Å²) in [4.78, 5) is 2.09. The molecule has 0 aliphatic carbocycles. The van der Waals surface area contributed by atoms with Gasteiger partial charge in [0.15, 0.2) is 0 Å². The summed E-state index contributed by atoms with van der Waals surface area (Å²) in [7, 11) is 5.72. The molecule has 0 radical (unpaired) electrons. The second kappa shape index (κ2) is 11.0. The number of ether oxygens (including phenoxy) is 1. The molecule has 0 aliphatic heterocycles. The lowest BCUT2D eigenvalue weighted by atomic mass is 9.71. The molecule has 0 amide bonds. The molecule has 0 aromatic heterocycles. The Morgan fingerprint density at radius 2 is 1.54 bits per heavy atom. The summed E-state index contributed by atoms with van der Waals surface area (Å²) in [6.45, 7) is 0.706. The average molecular weight is 618 g/mol. The van der Waals surface area contributed by atoms with Gasteiger partial charge in [0.1, 0.15) is 11.4 Å². The van der Waals surface area contributed by atoms with Crippen molar-refractivity contribution in [1.82, 2.24) is 4.90 Å². The minimum atomic E-state index is -1.22. The van der Waals surface area contributed by atoms with Crippen molar-refractivity contribution in [1.29, 1.82) is 0 Å². The van der Waals surface area contributed by atoms with Crippen LogP contribution in [0.2, 0.25) is 5.02 Å². The van der Waals surface area contributed by atoms with Crippen LogP contribution in [-0.2, 0) is 5.60 Å². The maximum Gasteiger partial charge on any atom is 0.123 e. The molecule has 1 N–H and O–H groups in total. The molecule has 35 heavy (non-hydrogen) atoms. The number of halogens is 3. The Labute approximate surface area is 228 Å². The van der Waals surface area contributed by atoms with Crippen molar-refractivity contribution in [2.75, 3.05) is 27.7 Å². The van der Waals surface area contributed by atoms with Crippen LogP contribution in [0.3, 0.4) is 0 Å². The molecule has 2 unspecified atom stereocenters. The van der Waals surface area contributed by atoms with Crippen molar-refractivity contribution >= 4 is 54.2 Å². The zero-order chi connectivity index (χ0) is 25.2. The third kappa shape index (κ3) is 5.76. The van der Waals surface area contributed by atoms with Gasteiger partial charge in [-0.3, -0.25) is 0 Å². The Morgan fingerprint density at radius 1 is 0.886 bits per heavy atom. The first-order valence-electron chi connectivity index (χ1n) is 11.4. The van der Waals surface area contributed by atoms with Crippen molar-refractivity contribution < 1.29 is 9.84 Å². The fraction of sp³-hybridized carbons (Fsp3) is 0.241. The monoisotopic (exact) mass is 615 g/mol. The van der Waals surface area contributed by atoms with Crippen LogP contribution < -0.4 is 4.74 Å². The second-order valence-electron chi connectivity index (χ2n) is 9.05. The number of rotatable bonds is 8. The van der Waals surface area contributed by atoms with Gasteiger partial charge in [-0.2, -0.15) is 0 Å². The highest BCUT2D eigenvalue weighted by Gasteiger charge is 2.42. The molecule has 0 saturated heterocycles. The molecular formula is C29H28Br2ClNO2. The molecule has 182 valence electrons. The van der Waals surface area contributed by atoms with E-state index in [1.807, 2.05) is 74.8 Å². The maximum absolute atomic E-state index is 12.7. The Morgan fingerprint density at radius 3 is 2.17 bits per heavy atom. The van der Waals surface area contributed by atoms with Crippen molar-refractivity contribution in [3.8, 4) is 5.75 Å². The number of nitrogens with zero attached hydrogens (tertiary/aromatic N) is 1. The fourth-order valence-corrected chi connectivity index (χ4v) is 5.39. The highest BCUT2D eigenvalue weighted by molar-refractivity contribution is 9.10. The van der Waals surface area contributed by atoms with Crippen LogP contribution >= 0.6 is 43.5 Å². The van der Waals surface area contributed by atoms with E-state index in [-0.39, 0.29) is 0 Å². The largest absolute Gasteiger partial charge is 0.496 e. The number of fused-ring (bicyclic) bond motifs is 1. The molecule has 0 spiro atoms. The standard InChI is InChI=1S/C29H28Br2ClNO2/c1-33(2)15-14-29(34,22-7-10-23(30)11-8-22)28(19-5-12-25(32)13-6-19)26-17-21-16-24(31)9-4-20(21)18-27(26)35-3/h4-13,16-18,28,34H,14-15H2,1-3H3. The minimum Gasteiger partial charge on any atom is -0.496 e. The van der Waals surface area contributed by atoms with Crippen LogP contribution in [0, 0.1) is 0 Å². The first-order chi connectivity index (χ1) is 16.7. The summed E-state index contributed by atoms with van der Waals surface area (Å²) >= 11 is 13.4. The number of benzene rings is 4. The Kier molecular flexibility index (Phi) is 8.24. The summed E-state index contributed by atoms with van der Waals surface area (Å²) < 4.78 is 7.88. The van der Waals surface area contributed by atoms with Crippen LogP contribution in [0.4, 0.5) is 0 Å². The molecule has 0 fully saturated rings. The molecule has 0 bridgehead atoms. The van der Waals surface area contributed by atoms with Gasteiger partial charge in [-0.25, -0.2) is 0 Å². The van der Waals surface area contributed by atoms with E-state index in [4.69, 9.17) is 16.3 Å². The van der Waals surface area contributed by atoms with Crippen LogP contribution in [-0.4, -0.2) is 37.8 Å². The number of methoxy groups -OCH3 is 1. The molecule has 6 heteroatoms. The van der Waals surface area contributed by atoms with Crippen molar-refractivity contribution in [2.24, 2.45) is 0 Å². The summed E-state index contributed by atoms with van der Waals surface area (Å²) in [5.74, 6) is 0.333. The Balaban J connectivity index is 2.02. The quantitative estimate of drug-likeness (QED) is 0.218. The predicted molar refractivity (Wildman–Crippen MR) is 153 cm³/mol. The second-order valence-corrected chi connectivity index (χ2v) is 11.3. The van der Waals surface area contributed by atoms with E-state index in [1.54, 1.807) is 7.11 Å². The van der Waals surface area contributed by atoms with E-state index in [2.05, 4.69) is 55.0 Å². The molecule has 2 atom stereocenters.